The van der Waals surface area contributed by atoms with Crippen LogP contribution < -0.4 is 10.0 Å². The van der Waals surface area contributed by atoms with Crippen LogP contribution in [-0.2, 0) is 10.0 Å². The largest absolute Gasteiger partial charge is 0.314 e. The number of benzene rings is 1. The lowest BCUT2D eigenvalue weighted by molar-refractivity contribution is 0.239. The van der Waals surface area contributed by atoms with Crippen molar-refractivity contribution in [2.24, 2.45) is 0 Å². The molecule has 1 aliphatic rings. The molecule has 0 aliphatic carbocycles. The third-order valence-corrected chi connectivity index (χ3v) is 5.51. The van der Waals surface area contributed by atoms with Crippen molar-refractivity contribution in [2.45, 2.75) is 11.3 Å². The standard InChI is InChI=1S/C13H19Cl2N3O2S/c14-11-2-3-12(15)13(10-11)21(19,20)17-4-1-7-18-8-5-16-6-9-18/h2-3,10,16-17H,1,4-9H2. The first-order valence-electron chi connectivity index (χ1n) is 6.87. The molecule has 0 aromatic heterocycles. The van der Waals surface area contributed by atoms with Gasteiger partial charge >= 0.3 is 0 Å². The lowest BCUT2D eigenvalue weighted by atomic mass is 10.3. The predicted molar refractivity (Wildman–Crippen MR) is 85.6 cm³/mol. The van der Waals surface area contributed by atoms with Crippen LogP contribution in [0.15, 0.2) is 23.1 Å². The Hall–Kier alpha value is -0.370. The van der Waals surface area contributed by atoms with Crippen LogP contribution in [-0.4, -0.2) is 52.6 Å². The summed E-state index contributed by atoms with van der Waals surface area (Å²) in [6.45, 7) is 5.26. The number of halogens is 2. The molecule has 1 aliphatic heterocycles. The first-order valence-corrected chi connectivity index (χ1v) is 9.11. The average molecular weight is 352 g/mol. The van der Waals surface area contributed by atoms with Crippen molar-refractivity contribution >= 4 is 33.2 Å². The second kappa shape index (κ2) is 7.76. The summed E-state index contributed by atoms with van der Waals surface area (Å²) in [6, 6.07) is 4.41. The van der Waals surface area contributed by atoms with Gasteiger partial charge < -0.3 is 10.2 Å². The average Bonchev–Trinajstić information content (AvgIpc) is 2.47. The first-order chi connectivity index (χ1) is 9.99. The summed E-state index contributed by atoms with van der Waals surface area (Å²) >= 11 is 11.7. The van der Waals surface area contributed by atoms with Crippen molar-refractivity contribution in [3.05, 3.63) is 28.2 Å². The minimum atomic E-state index is -3.61. The number of rotatable bonds is 6. The van der Waals surface area contributed by atoms with Crippen molar-refractivity contribution in [1.29, 1.82) is 0 Å². The van der Waals surface area contributed by atoms with Gasteiger partial charge in [-0.15, -0.1) is 0 Å². The Morgan fingerprint density at radius 2 is 1.95 bits per heavy atom. The molecule has 1 fully saturated rings. The van der Waals surface area contributed by atoms with Crippen LogP contribution in [0.25, 0.3) is 0 Å². The second-order valence-electron chi connectivity index (χ2n) is 4.92. The SMILES string of the molecule is O=S(=O)(NCCCN1CCNCC1)c1cc(Cl)ccc1Cl. The fourth-order valence-corrected chi connectivity index (χ4v) is 4.04. The maximum absolute atomic E-state index is 12.2. The highest BCUT2D eigenvalue weighted by molar-refractivity contribution is 7.89. The molecule has 2 N–H and O–H groups in total. The summed E-state index contributed by atoms with van der Waals surface area (Å²) in [5.74, 6) is 0. The molecule has 0 unspecified atom stereocenters. The van der Waals surface area contributed by atoms with Gasteiger partial charge in [-0.2, -0.15) is 0 Å². The van der Waals surface area contributed by atoms with Gasteiger partial charge in [-0.3, -0.25) is 0 Å². The number of piperazine rings is 1. The molecule has 8 heteroatoms. The Bertz CT molecular complexity index is 575. The molecule has 5 nitrogen and oxygen atoms in total. The fourth-order valence-electron chi connectivity index (χ4n) is 2.20. The maximum atomic E-state index is 12.2. The van der Waals surface area contributed by atoms with E-state index < -0.39 is 10.0 Å². The number of nitrogens with one attached hydrogen (secondary N) is 2. The van der Waals surface area contributed by atoms with Gasteiger partial charge in [0.1, 0.15) is 4.90 Å². The maximum Gasteiger partial charge on any atom is 0.242 e. The minimum Gasteiger partial charge on any atom is -0.314 e. The number of hydrogen-bond donors (Lipinski definition) is 2. The molecule has 0 saturated carbocycles. The van der Waals surface area contributed by atoms with Crippen LogP contribution >= 0.6 is 23.2 Å². The summed E-state index contributed by atoms with van der Waals surface area (Å²) in [6.07, 6.45) is 0.761. The van der Waals surface area contributed by atoms with Gasteiger partial charge in [-0.05, 0) is 31.2 Å². The minimum absolute atomic E-state index is 0.0267. The highest BCUT2D eigenvalue weighted by Crippen LogP contribution is 2.24. The summed E-state index contributed by atoms with van der Waals surface area (Å²) in [4.78, 5) is 2.34. The zero-order valence-electron chi connectivity index (χ0n) is 11.6. The van der Waals surface area contributed by atoms with Crippen LogP contribution in [0, 0.1) is 0 Å². The van der Waals surface area contributed by atoms with E-state index in [2.05, 4.69) is 14.9 Å². The number of nitrogens with zero attached hydrogens (tertiary/aromatic N) is 1. The van der Waals surface area contributed by atoms with E-state index in [-0.39, 0.29) is 9.92 Å². The monoisotopic (exact) mass is 351 g/mol. The van der Waals surface area contributed by atoms with Crippen molar-refractivity contribution < 1.29 is 8.42 Å². The Kier molecular flexibility index (Phi) is 6.28. The molecule has 21 heavy (non-hydrogen) atoms. The van der Waals surface area contributed by atoms with E-state index in [4.69, 9.17) is 23.2 Å². The van der Waals surface area contributed by atoms with Gasteiger partial charge in [0.15, 0.2) is 0 Å². The van der Waals surface area contributed by atoms with Crippen LogP contribution in [0.2, 0.25) is 10.0 Å². The molecular formula is C13H19Cl2N3O2S. The van der Waals surface area contributed by atoms with E-state index >= 15 is 0 Å². The zero-order chi connectivity index (χ0) is 15.3. The first kappa shape index (κ1) is 17.0. The van der Waals surface area contributed by atoms with E-state index in [9.17, 15) is 8.42 Å². The molecule has 1 saturated heterocycles. The normalized spacial score (nSPS) is 17.0. The lowest BCUT2D eigenvalue weighted by Gasteiger charge is -2.27. The molecular weight excluding hydrogens is 333 g/mol. The van der Waals surface area contributed by atoms with Gasteiger partial charge in [0.2, 0.25) is 10.0 Å². The van der Waals surface area contributed by atoms with E-state index in [1.807, 2.05) is 0 Å². The summed E-state index contributed by atoms with van der Waals surface area (Å²) in [5, 5.41) is 3.80. The van der Waals surface area contributed by atoms with Crippen LogP contribution in [0.4, 0.5) is 0 Å². The Morgan fingerprint density at radius 3 is 2.67 bits per heavy atom. The summed E-state index contributed by atoms with van der Waals surface area (Å²) in [7, 11) is -3.61. The van der Waals surface area contributed by atoms with Crippen molar-refractivity contribution in [2.75, 3.05) is 39.3 Å². The van der Waals surface area contributed by atoms with E-state index in [1.54, 1.807) is 6.07 Å². The van der Waals surface area contributed by atoms with Gasteiger partial charge in [0.05, 0.1) is 5.02 Å². The molecule has 0 bridgehead atoms. The van der Waals surface area contributed by atoms with E-state index in [1.165, 1.54) is 12.1 Å². The summed E-state index contributed by atoms with van der Waals surface area (Å²) < 4.78 is 26.9. The third kappa shape index (κ3) is 5.09. The van der Waals surface area contributed by atoms with Crippen LogP contribution in [0.3, 0.4) is 0 Å². The van der Waals surface area contributed by atoms with E-state index in [0.717, 1.165) is 39.1 Å². The molecule has 0 spiro atoms. The van der Waals surface area contributed by atoms with Gasteiger partial charge in [0, 0.05) is 37.7 Å². The smallest absolute Gasteiger partial charge is 0.242 e. The molecule has 118 valence electrons. The van der Waals surface area contributed by atoms with Gasteiger partial charge in [-0.1, -0.05) is 23.2 Å². The lowest BCUT2D eigenvalue weighted by Crippen LogP contribution is -2.44. The van der Waals surface area contributed by atoms with Crippen molar-refractivity contribution in [3.63, 3.8) is 0 Å². The van der Waals surface area contributed by atoms with Crippen molar-refractivity contribution in [3.8, 4) is 0 Å². The molecule has 0 atom stereocenters. The molecule has 1 aromatic carbocycles. The Morgan fingerprint density at radius 1 is 1.24 bits per heavy atom. The predicted octanol–water partition coefficient (Wildman–Crippen LogP) is 1.57. The topological polar surface area (TPSA) is 61.4 Å². The molecule has 0 amide bonds. The fraction of sp³-hybridized carbons (Fsp3) is 0.538. The number of sulfonamides is 1. The Balaban J connectivity index is 1.85. The molecule has 1 heterocycles. The molecule has 2 rings (SSSR count). The third-order valence-electron chi connectivity index (χ3n) is 3.34. The zero-order valence-corrected chi connectivity index (χ0v) is 13.9. The molecule has 0 radical (unpaired) electrons. The Labute approximate surface area is 135 Å². The quantitative estimate of drug-likeness (QED) is 0.763. The summed E-state index contributed by atoms with van der Waals surface area (Å²) in [5.41, 5.74) is 0. The highest BCUT2D eigenvalue weighted by atomic mass is 35.5. The van der Waals surface area contributed by atoms with Gasteiger partial charge in [-0.25, -0.2) is 13.1 Å². The van der Waals surface area contributed by atoms with Crippen LogP contribution in [0.5, 0.6) is 0 Å². The molecule has 1 aromatic rings. The van der Waals surface area contributed by atoms with Crippen molar-refractivity contribution in [1.82, 2.24) is 14.9 Å². The van der Waals surface area contributed by atoms with Crippen LogP contribution in [0.1, 0.15) is 6.42 Å². The van der Waals surface area contributed by atoms with E-state index in [0.29, 0.717) is 11.6 Å². The second-order valence-corrected chi connectivity index (χ2v) is 7.50. The highest BCUT2D eigenvalue weighted by Gasteiger charge is 2.18. The number of hydrogen-bond acceptors (Lipinski definition) is 4. The van der Waals surface area contributed by atoms with Gasteiger partial charge in [0.25, 0.3) is 0 Å².